The van der Waals surface area contributed by atoms with E-state index in [4.69, 9.17) is 0 Å². The summed E-state index contributed by atoms with van der Waals surface area (Å²) in [7, 11) is 2.15. The zero-order chi connectivity index (χ0) is 17.7. The van der Waals surface area contributed by atoms with E-state index in [0.717, 1.165) is 51.6 Å². The maximum atomic E-state index is 12.6. The molecule has 3 rings (SSSR count). The number of hydrogen-bond donors (Lipinski definition) is 2. The smallest absolute Gasteiger partial charge is 0.249 e. The number of amides is 1. The topological polar surface area (TPSA) is 52.6 Å². The summed E-state index contributed by atoms with van der Waals surface area (Å²) < 4.78 is 0. The van der Waals surface area contributed by atoms with Crippen LogP contribution in [0.5, 0.6) is 0 Å². The van der Waals surface area contributed by atoms with Gasteiger partial charge in [0.1, 0.15) is 6.10 Å². The van der Waals surface area contributed by atoms with E-state index in [1.54, 1.807) is 0 Å². The van der Waals surface area contributed by atoms with E-state index in [0.29, 0.717) is 6.54 Å². The number of piperidine rings is 1. The molecule has 1 saturated carbocycles. The second kappa shape index (κ2) is 8.33. The standard InChI is InChI=1S/C21H32N2O2/c1-23-14-12-21(13-15-23,18-10-6-3-7-11-18)16-22-20(25)19(24)17-8-4-2-5-9-17/h3,6-7,10-11,17,19,24H,2,4-5,8-9,12-16H2,1H3,(H,22,25)/t19-/m1/s1. The molecule has 0 radical (unpaired) electrons. The molecule has 1 aromatic rings. The monoisotopic (exact) mass is 344 g/mol. The normalized spacial score (nSPS) is 23.1. The van der Waals surface area contributed by atoms with Gasteiger partial charge < -0.3 is 15.3 Å². The van der Waals surface area contributed by atoms with Gasteiger partial charge in [0.2, 0.25) is 5.91 Å². The lowest BCUT2D eigenvalue weighted by Crippen LogP contribution is -2.50. The Morgan fingerprint density at radius 3 is 2.48 bits per heavy atom. The van der Waals surface area contributed by atoms with Crippen molar-refractivity contribution in [3.05, 3.63) is 35.9 Å². The first-order valence-electron chi connectivity index (χ1n) is 9.81. The highest BCUT2D eigenvalue weighted by Gasteiger charge is 2.37. The summed E-state index contributed by atoms with van der Waals surface area (Å²) in [6.07, 6.45) is 6.67. The van der Waals surface area contributed by atoms with E-state index in [1.807, 2.05) is 6.07 Å². The fourth-order valence-electron chi connectivity index (χ4n) is 4.43. The second-order valence-corrected chi connectivity index (χ2v) is 8.01. The van der Waals surface area contributed by atoms with Crippen LogP contribution in [-0.4, -0.2) is 48.7 Å². The van der Waals surface area contributed by atoms with Gasteiger partial charge in [-0.2, -0.15) is 0 Å². The number of carbonyl (C=O) groups is 1. The van der Waals surface area contributed by atoms with Crippen molar-refractivity contribution in [1.29, 1.82) is 0 Å². The van der Waals surface area contributed by atoms with Gasteiger partial charge in [0.25, 0.3) is 0 Å². The molecule has 0 aromatic heterocycles. The SMILES string of the molecule is CN1CCC(CNC(=O)[C@H](O)C2CCCCC2)(c2ccccc2)CC1. The van der Waals surface area contributed by atoms with Crippen molar-refractivity contribution in [1.82, 2.24) is 10.2 Å². The number of aliphatic hydroxyl groups excluding tert-OH is 1. The molecule has 0 spiro atoms. The first-order chi connectivity index (χ1) is 12.1. The highest BCUT2D eigenvalue weighted by atomic mass is 16.3. The predicted octanol–water partition coefficient (Wildman–Crippen LogP) is 2.71. The average molecular weight is 344 g/mol. The van der Waals surface area contributed by atoms with Crippen LogP contribution in [0.25, 0.3) is 0 Å². The van der Waals surface area contributed by atoms with Crippen LogP contribution < -0.4 is 5.32 Å². The van der Waals surface area contributed by atoms with Crippen LogP contribution in [-0.2, 0) is 10.2 Å². The van der Waals surface area contributed by atoms with Crippen LogP contribution in [0, 0.1) is 5.92 Å². The molecule has 2 fully saturated rings. The maximum absolute atomic E-state index is 12.6. The molecule has 25 heavy (non-hydrogen) atoms. The summed E-state index contributed by atoms with van der Waals surface area (Å²) in [4.78, 5) is 14.9. The third-order valence-corrected chi connectivity index (χ3v) is 6.30. The van der Waals surface area contributed by atoms with E-state index < -0.39 is 6.10 Å². The molecular weight excluding hydrogens is 312 g/mol. The minimum Gasteiger partial charge on any atom is -0.383 e. The van der Waals surface area contributed by atoms with Crippen LogP contribution >= 0.6 is 0 Å². The highest BCUT2D eigenvalue weighted by molar-refractivity contribution is 5.81. The molecule has 2 aliphatic rings. The lowest BCUT2D eigenvalue weighted by Gasteiger charge is -2.41. The Labute approximate surface area is 151 Å². The van der Waals surface area contributed by atoms with Gasteiger partial charge in [-0.25, -0.2) is 0 Å². The Morgan fingerprint density at radius 1 is 1.20 bits per heavy atom. The maximum Gasteiger partial charge on any atom is 0.249 e. The number of nitrogens with zero attached hydrogens (tertiary/aromatic N) is 1. The number of hydrogen-bond acceptors (Lipinski definition) is 3. The highest BCUT2D eigenvalue weighted by Crippen LogP contribution is 2.35. The van der Waals surface area contributed by atoms with Crippen molar-refractivity contribution in [3.63, 3.8) is 0 Å². The zero-order valence-electron chi connectivity index (χ0n) is 15.4. The predicted molar refractivity (Wildman–Crippen MR) is 100 cm³/mol. The van der Waals surface area contributed by atoms with Crippen molar-refractivity contribution in [2.24, 2.45) is 5.92 Å². The van der Waals surface area contributed by atoms with Crippen molar-refractivity contribution < 1.29 is 9.90 Å². The van der Waals surface area contributed by atoms with E-state index in [1.165, 1.54) is 12.0 Å². The second-order valence-electron chi connectivity index (χ2n) is 8.01. The van der Waals surface area contributed by atoms with Gasteiger partial charge in [-0.15, -0.1) is 0 Å². The van der Waals surface area contributed by atoms with Crippen molar-refractivity contribution in [2.75, 3.05) is 26.7 Å². The van der Waals surface area contributed by atoms with E-state index >= 15 is 0 Å². The lowest BCUT2D eigenvalue weighted by atomic mass is 9.72. The summed E-state index contributed by atoms with van der Waals surface area (Å²) in [5.41, 5.74) is 1.28. The van der Waals surface area contributed by atoms with E-state index in [2.05, 4.69) is 41.5 Å². The number of carbonyl (C=O) groups excluding carboxylic acids is 1. The van der Waals surface area contributed by atoms with Crippen LogP contribution in [0.2, 0.25) is 0 Å². The Hall–Kier alpha value is -1.39. The molecule has 1 saturated heterocycles. The van der Waals surface area contributed by atoms with Crippen molar-refractivity contribution >= 4 is 5.91 Å². The van der Waals surface area contributed by atoms with Gasteiger partial charge in [0.15, 0.2) is 0 Å². The largest absolute Gasteiger partial charge is 0.383 e. The van der Waals surface area contributed by atoms with Gasteiger partial charge in [0.05, 0.1) is 0 Å². The molecule has 1 amide bonds. The molecule has 2 N–H and O–H groups in total. The quantitative estimate of drug-likeness (QED) is 0.863. The molecule has 1 aromatic carbocycles. The number of benzene rings is 1. The van der Waals surface area contributed by atoms with Gasteiger partial charge in [-0.1, -0.05) is 49.6 Å². The fourth-order valence-corrected chi connectivity index (χ4v) is 4.43. The number of nitrogens with one attached hydrogen (secondary N) is 1. The summed E-state index contributed by atoms with van der Waals surface area (Å²) in [5.74, 6) is -0.0416. The molecule has 4 heteroatoms. The Bertz CT molecular complexity index is 546. The molecule has 1 aliphatic carbocycles. The molecule has 0 unspecified atom stereocenters. The van der Waals surface area contributed by atoms with E-state index in [-0.39, 0.29) is 17.2 Å². The molecule has 1 heterocycles. The molecule has 0 bridgehead atoms. The van der Waals surface area contributed by atoms with Crippen LogP contribution in [0.15, 0.2) is 30.3 Å². The summed E-state index contributed by atoms with van der Waals surface area (Å²) >= 11 is 0. The molecule has 4 nitrogen and oxygen atoms in total. The van der Waals surface area contributed by atoms with Crippen LogP contribution in [0.3, 0.4) is 0 Å². The van der Waals surface area contributed by atoms with Crippen LogP contribution in [0.1, 0.15) is 50.5 Å². The van der Waals surface area contributed by atoms with E-state index in [9.17, 15) is 9.90 Å². The lowest BCUT2D eigenvalue weighted by molar-refractivity contribution is -0.133. The van der Waals surface area contributed by atoms with Crippen molar-refractivity contribution in [2.45, 2.75) is 56.5 Å². The Morgan fingerprint density at radius 2 is 1.84 bits per heavy atom. The summed E-state index contributed by atoms with van der Waals surface area (Å²) in [6, 6.07) is 10.5. The third kappa shape index (κ3) is 4.42. The number of likely N-dealkylation sites (tertiary alicyclic amines) is 1. The van der Waals surface area contributed by atoms with Gasteiger partial charge in [0, 0.05) is 12.0 Å². The third-order valence-electron chi connectivity index (χ3n) is 6.30. The van der Waals surface area contributed by atoms with Crippen molar-refractivity contribution in [3.8, 4) is 0 Å². The first-order valence-corrected chi connectivity index (χ1v) is 9.81. The van der Waals surface area contributed by atoms with Gasteiger partial charge >= 0.3 is 0 Å². The molecule has 1 aliphatic heterocycles. The zero-order valence-corrected chi connectivity index (χ0v) is 15.4. The minimum absolute atomic E-state index is 0.0181. The Kier molecular flexibility index (Phi) is 6.13. The number of aliphatic hydroxyl groups is 1. The molecule has 138 valence electrons. The number of rotatable bonds is 5. The average Bonchev–Trinajstić information content (AvgIpc) is 2.68. The molecule has 1 atom stereocenters. The fraction of sp³-hybridized carbons (Fsp3) is 0.667. The minimum atomic E-state index is -0.848. The van der Waals surface area contributed by atoms with Gasteiger partial charge in [-0.3, -0.25) is 4.79 Å². The van der Waals surface area contributed by atoms with Crippen LogP contribution in [0.4, 0.5) is 0 Å². The molecular formula is C21H32N2O2. The Balaban J connectivity index is 1.65. The van der Waals surface area contributed by atoms with Gasteiger partial charge in [-0.05, 0) is 57.3 Å². The first kappa shape index (κ1) is 18.4. The summed E-state index contributed by atoms with van der Waals surface area (Å²) in [5, 5.41) is 13.5. The summed E-state index contributed by atoms with van der Waals surface area (Å²) in [6.45, 7) is 2.69.